The Kier molecular flexibility index (Phi) is 4.75. The molecule has 2 aromatic carbocycles. The molecule has 0 spiro atoms. The molecule has 0 bridgehead atoms. The molecule has 140 valence electrons. The van der Waals surface area contributed by atoms with E-state index >= 15 is 0 Å². The number of hydrogen-bond acceptors (Lipinski definition) is 5. The van der Waals surface area contributed by atoms with E-state index in [9.17, 15) is 9.59 Å². The van der Waals surface area contributed by atoms with Crippen molar-refractivity contribution in [1.29, 1.82) is 0 Å². The molecule has 2 N–H and O–H groups in total. The highest BCUT2D eigenvalue weighted by Crippen LogP contribution is 2.35. The fourth-order valence-electron chi connectivity index (χ4n) is 2.88. The lowest BCUT2D eigenvalue weighted by Crippen LogP contribution is -2.05. The van der Waals surface area contributed by atoms with Gasteiger partial charge in [0.05, 0.1) is 11.3 Å². The number of carbonyl (C=O) groups is 2. The van der Waals surface area contributed by atoms with Crippen LogP contribution < -0.4 is 5.32 Å². The van der Waals surface area contributed by atoms with Crippen LogP contribution >= 0.6 is 11.8 Å². The number of para-hydroxylation sites is 1. The standard InChI is InChI=1S/C21H16N2O4S/c1-12(17-11-14-4-2-3-5-16(14)27-17)19-20(26)23-21(28-19)22-15-8-6-13(7-9-15)10-18(24)25/h2-9,11H,10H2,1H3,(H,24,25)(H,22,23,26). The van der Waals surface area contributed by atoms with Gasteiger partial charge in [-0.3, -0.25) is 9.59 Å². The zero-order valence-electron chi connectivity index (χ0n) is 14.9. The lowest BCUT2D eigenvalue weighted by Gasteiger charge is -2.06. The predicted octanol–water partition coefficient (Wildman–Crippen LogP) is 4.53. The quantitative estimate of drug-likeness (QED) is 0.634. The number of fused-ring (bicyclic) bond motifs is 1. The number of anilines is 1. The van der Waals surface area contributed by atoms with Crippen molar-refractivity contribution in [3.05, 3.63) is 70.8 Å². The van der Waals surface area contributed by atoms with E-state index in [4.69, 9.17) is 9.52 Å². The van der Waals surface area contributed by atoms with Crippen LogP contribution in [0.5, 0.6) is 0 Å². The average molecular weight is 392 g/mol. The van der Waals surface area contributed by atoms with Crippen molar-refractivity contribution in [2.45, 2.75) is 13.3 Å². The van der Waals surface area contributed by atoms with Gasteiger partial charge in [0.1, 0.15) is 11.3 Å². The molecule has 1 aromatic heterocycles. The molecule has 4 rings (SSSR count). The summed E-state index contributed by atoms with van der Waals surface area (Å²) in [6.07, 6.45) is -0.0297. The SMILES string of the molecule is CC(=C1SC(Nc2ccc(CC(=O)O)cc2)=NC1=O)c1cc2ccccc2o1. The van der Waals surface area contributed by atoms with Gasteiger partial charge in [0.15, 0.2) is 5.17 Å². The number of benzene rings is 2. The second-order valence-electron chi connectivity index (χ2n) is 6.32. The van der Waals surface area contributed by atoms with Gasteiger partial charge in [-0.25, -0.2) is 0 Å². The van der Waals surface area contributed by atoms with Gasteiger partial charge in [0, 0.05) is 16.6 Å². The average Bonchev–Trinajstić information content (AvgIpc) is 3.25. The van der Waals surface area contributed by atoms with Crippen LogP contribution in [0.15, 0.2) is 68.9 Å². The van der Waals surface area contributed by atoms with E-state index in [0.29, 0.717) is 21.4 Å². The minimum absolute atomic E-state index is 0.0297. The van der Waals surface area contributed by atoms with Gasteiger partial charge in [0.2, 0.25) is 0 Å². The van der Waals surface area contributed by atoms with E-state index < -0.39 is 5.97 Å². The molecule has 7 heteroatoms. The number of allylic oxidation sites excluding steroid dienone is 1. The maximum absolute atomic E-state index is 12.4. The van der Waals surface area contributed by atoms with Crippen LogP contribution in [0.2, 0.25) is 0 Å². The first-order valence-electron chi connectivity index (χ1n) is 8.58. The summed E-state index contributed by atoms with van der Waals surface area (Å²) in [4.78, 5) is 27.7. The molecule has 0 aliphatic carbocycles. The molecule has 6 nitrogen and oxygen atoms in total. The van der Waals surface area contributed by atoms with Gasteiger partial charge in [-0.1, -0.05) is 30.3 Å². The molecule has 0 fully saturated rings. The Morgan fingerprint density at radius 3 is 2.64 bits per heavy atom. The number of carbonyl (C=O) groups excluding carboxylic acids is 1. The van der Waals surface area contributed by atoms with Crippen molar-refractivity contribution >= 4 is 51.0 Å². The Morgan fingerprint density at radius 2 is 1.93 bits per heavy atom. The van der Waals surface area contributed by atoms with Gasteiger partial charge < -0.3 is 14.8 Å². The second kappa shape index (κ2) is 7.36. The molecule has 0 radical (unpaired) electrons. The highest BCUT2D eigenvalue weighted by Gasteiger charge is 2.26. The Balaban J connectivity index is 1.51. The van der Waals surface area contributed by atoms with Gasteiger partial charge in [-0.15, -0.1) is 0 Å². The summed E-state index contributed by atoms with van der Waals surface area (Å²) >= 11 is 1.26. The van der Waals surface area contributed by atoms with Crippen molar-refractivity contribution in [1.82, 2.24) is 0 Å². The highest BCUT2D eigenvalue weighted by atomic mass is 32.2. The van der Waals surface area contributed by atoms with Gasteiger partial charge in [0.25, 0.3) is 5.91 Å². The summed E-state index contributed by atoms with van der Waals surface area (Å²) in [6, 6.07) is 16.6. The maximum atomic E-state index is 12.4. The smallest absolute Gasteiger partial charge is 0.307 e. The molecule has 1 amide bonds. The van der Waals surface area contributed by atoms with Crippen LogP contribution in [-0.2, 0) is 16.0 Å². The minimum Gasteiger partial charge on any atom is -0.481 e. The fourth-order valence-corrected chi connectivity index (χ4v) is 3.76. The Hall–Kier alpha value is -3.32. The maximum Gasteiger partial charge on any atom is 0.307 e. The third-order valence-electron chi connectivity index (χ3n) is 4.29. The molecule has 0 saturated heterocycles. The van der Waals surface area contributed by atoms with Crippen LogP contribution in [0.25, 0.3) is 16.5 Å². The number of amides is 1. The van der Waals surface area contributed by atoms with E-state index in [0.717, 1.165) is 22.2 Å². The topological polar surface area (TPSA) is 91.9 Å². The van der Waals surface area contributed by atoms with E-state index in [2.05, 4.69) is 10.3 Å². The number of rotatable bonds is 4. The van der Waals surface area contributed by atoms with Crippen molar-refractivity contribution in [2.24, 2.45) is 4.99 Å². The van der Waals surface area contributed by atoms with Gasteiger partial charge in [-0.2, -0.15) is 4.99 Å². The molecular formula is C21H16N2O4S. The Labute approximate surface area is 165 Å². The first-order chi connectivity index (χ1) is 13.5. The molecule has 0 saturated carbocycles. The number of nitrogens with one attached hydrogen (secondary N) is 1. The lowest BCUT2D eigenvalue weighted by atomic mass is 10.1. The molecule has 0 unspecified atom stereocenters. The number of hydrogen-bond donors (Lipinski definition) is 2. The number of furan rings is 1. The van der Waals surface area contributed by atoms with Crippen LogP contribution in [0.4, 0.5) is 5.69 Å². The molecule has 1 aliphatic heterocycles. The molecule has 28 heavy (non-hydrogen) atoms. The van der Waals surface area contributed by atoms with E-state index in [1.165, 1.54) is 11.8 Å². The van der Waals surface area contributed by atoms with E-state index in [-0.39, 0.29) is 12.3 Å². The summed E-state index contributed by atoms with van der Waals surface area (Å²) in [5.74, 6) is -0.544. The number of thioether (sulfide) groups is 1. The van der Waals surface area contributed by atoms with Gasteiger partial charge >= 0.3 is 5.97 Å². The third kappa shape index (κ3) is 3.70. The number of carboxylic acids is 1. The largest absolute Gasteiger partial charge is 0.481 e. The molecular weight excluding hydrogens is 376 g/mol. The summed E-state index contributed by atoms with van der Waals surface area (Å²) in [5.41, 5.74) is 2.95. The first-order valence-corrected chi connectivity index (χ1v) is 9.40. The molecule has 3 aromatic rings. The molecule has 0 atom stereocenters. The van der Waals surface area contributed by atoms with Crippen molar-refractivity contribution in [3.63, 3.8) is 0 Å². The summed E-state index contributed by atoms with van der Waals surface area (Å²) in [5, 5.41) is 13.4. The number of amidine groups is 1. The van der Waals surface area contributed by atoms with E-state index in [1.807, 2.05) is 37.3 Å². The van der Waals surface area contributed by atoms with Crippen LogP contribution in [0.3, 0.4) is 0 Å². The van der Waals surface area contributed by atoms with Crippen molar-refractivity contribution < 1.29 is 19.1 Å². The number of carboxylic acid groups (broad SMARTS) is 1. The van der Waals surface area contributed by atoms with Crippen LogP contribution in [0, 0.1) is 0 Å². The highest BCUT2D eigenvalue weighted by molar-refractivity contribution is 8.18. The molecule has 1 aliphatic rings. The van der Waals surface area contributed by atoms with Crippen molar-refractivity contribution in [3.8, 4) is 0 Å². The van der Waals surface area contributed by atoms with Crippen LogP contribution in [-0.4, -0.2) is 22.2 Å². The third-order valence-corrected chi connectivity index (χ3v) is 5.36. The van der Waals surface area contributed by atoms with Crippen molar-refractivity contribution in [2.75, 3.05) is 5.32 Å². The minimum atomic E-state index is -0.877. The van der Waals surface area contributed by atoms with E-state index in [1.54, 1.807) is 24.3 Å². The normalized spacial score (nSPS) is 15.6. The zero-order valence-corrected chi connectivity index (χ0v) is 15.7. The number of aliphatic carboxylic acids is 1. The lowest BCUT2D eigenvalue weighted by molar-refractivity contribution is -0.136. The molecule has 2 heterocycles. The Morgan fingerprint density at radius 1 is 1.18 bits per heavy atom. The fraction of sp³-hybridized carbons (Fsp3) is 0.0952. The number of aliphatic imine (C=N–C) groups is 1. The predicted molar refractivity (Wildman–Crippen MR) is 110 cm³/mol. The first kappa shape index (κ1) is 18.1. The van der Waals surface area contributed by atoms with Crippen LogP contribution in [0.1, 0.15) is 18.2 Å². The zero-order chi connectivity index (χ0) is 19.7. The Bertz CT molecular complexity index is 1110. The summed E-state index contributed by atoms with van der Waals surface area (Å²) < 4.78 is 5.85. The van der Waals surface area contributed by atoms with Gasteiger partial charge in [-0.05, 0) is 48.5 Å². The summed E-state index contributed by atoms with van der Waals surface area (Å²) in [6.45, 7) is 1.84. The number of nitrogens with zero attached hydrogens (tertiary/aromatic N) is 1. The second-order valence-corrected chi connectivity index (χ2v) is 7.32. The monoisotopic (exact) mass is 392 g/mol. The summed E-state index contributed by atoms with van der Waals surface area (Å²) in [7, 11) is 0.